The average molecular weight is 395 g/mol. The molecule has 0 amide bonds. The van der Waals surface area contributed by atoms with E-state index in [9.17, 15) is 9.18 Å². The van der Waals surface area contributed by atoms with Crippen molar-refractivity contribution < 1.29 is 27.6 Å². The molecule has 0 radical (unpaired) electrons. The maximum Gasteiger partial charge on any atom is 0.342 e. The van der Waals surface area contributed by atoms with E-state index in [2.05, 4.69) is 5.16 Å². The van der Waals surface area contributed by atoms with Crippen LogP contribution in [0, 0.1) is 19.7 Å². The zero-order valence-corrected chi connectivity index (χ0v) is 16.3. The van der Waals surface area contributed by atoms with Gasteiger partial charge in [-0.15, -0.1) is 0 Å². The van der Waals surface area contributed by atoms with E-state index < -0.39 is 5.97 Å². The lowest BCUT2D eigenvalue weighted by molar-refractivity contribution is 0.0603. The predicted octanol–water partition coefficient (Wildman–Crippen LogP) is 5.31. The summed E-state index contributed by atoms with van der Waals surface area (Å²) in [5.41, 5.74) is 3.49. The van der Waals surface area contributed by atoms with Crippen LogP contribution in [-0.2, 0) is 4.74 Å². The fourth-order valence-electron chi connectivity index (χ4n) is 3.46. The Kier molecular flexibility index (Phi) is 4.58. The molecule has 6 nitrogen and oxygen atoms in total. The van der Waals surface area contributed by atoms with E-state index in [1.807, 2.05) is 13.8 Å². The van der Waals surface area contributed by atoms with Gasteiger partial charge in [-0.2, -0.15) is 0 Å². The number of aryl methyl sites for hydroxylation is 2. The first-order chi connectivity index (χ1) is 13.9. The molecule has 0 saturated carbocycles. The molecule has 148 valence electrons. The highest BCUT2D eigenvalue weighted by molar-refractivity contribution is 6.10. The van der Waals surface area contributed by atoms with Crippen LogP contribution in [0.4, 0.5) is 4.39 Å². The first kappa shape index (κ1) is 18.7. The van der Waals surface area contributed by atoms with Gasteiger partial charge >= 0.3 is 5.97 Å². The highest BCUT2D eigenvalue weighted by Gasteiger charge is 2.26. The maximum atomic E-state index is 13.4. The number of benzene rings is 2. The normalized spacial score (nSPS) is 11.1. The van der Waals surface area contributed by atoms with Crippen LogP contribution in [0.1, 0.15) is 21.8 Å². The van der Waals surface area contributed by atoms with E-state index in [-0.39, 0.29) is 11.4 Å². The molecule has 2 aromatic heterocycles. The van der Waals surface area contributed by atoms with Gasteiger partial charge in [0.2, 0.25) is 0 Å². The summed E-state index contributed by atoms with van der Waals surface area (Å²) in [6.45, 7) is 3.65. The fourth-order valence-corrected chi connectivity index (χ4v) is 3.46. The molecule has 0 N–H and O–H groups in total. The van der Waals surface area contributed by atoms with Crippen molar-refractivity contribution in [2.45, 2.75) is 13.8 Å². The van der Waals surface area contributed by atoms with Gasteiger partial charge in [0.25, 0.3) is 0 Å². The highest BCUT2D eigenvalue weighted by atomic mass is 19.1. The number of methoxy groups -OCH3 is 2. The number of nitrogens with zero attached hydrogens (tertiary/aromatic N) is 1. The number of hydrogen-bond acceptors (Lipinski definition) is 6. The number of esters is 1. The number of furan rings is 1. The van der Waals surface area contributed by atoms with Crippen LogP contribution in [0.15, 0.2) is 45.3 Å². The van der Waals surface area contributed by atoms with Crippen molar-refractivity contribution in [2.75, 3.05) is 14.2 Å². The third-order valence-corrected chi connectivity index (χ3v) is 4.81. The van der Waals surface area contributed by atoms with E-state index in [1.54, 1.807) is 31.4 Å². The third kappa shape index (κ3) is 3.04. The first-order valence-electron chi connectivity index (χ1n) is 8.86. The summed E-state index contributed by atoms with van der Waals surface area (Å²) >= 11 is 0. The molecule has 2 heterocycles. The SMILES string of the molecule is COC(=O)c1c(-c2ccc(F)cc2)oc2cc(-c3c(C)noc3C)c(OC)cc12. The molecule has 0 bridgehead atoms. The summed E-state index contributed by atoms with van der Waals surface area (Å²) in [5.74, 6) is 0.522. The molecule has 0 fully saturated rings. The van der Waals surface area contributed by atoms with Gasteiger partial charge in [0, 0.05) is 16.5 Å². The lowest BCUT2D eigenvalue weighted by Crippen LogP contribution is -2.02. The van der Waals surface area contributed by atoms with E-state index in [0.29, 0.717) is 39.5 Å². The zero-order valence-electron chi connectivity index (χ0n) is 16.3. The number of fused-ring (bicyclic) bond motifs is 1. The molecule has 29 heavy (non-hydrogen) atoms. The Bertz CT molecular complexity index is 1200. The summed E-state index contributed by atoms with van der Waals surface area (Å²) in [6, 6.07) is 9.20. The molecule has 0 spiro atoms. The Balaban J connectivity index is 2.03. The second-order valence-electron chi connectivity index (χ2n) is 6.55. The third-order valence-electron chi connectivity index (χ3n) is 4.81. The van der Waals surface area contributed by atoms with Crippen LogP contribution >= 0.6 is 0 Å². The van der Waals surface area contributed by atoms with E-state index >= 15 is 0 Å². The Hall–Kier alpha value is -3.61. The van der Waals surface area contributed by atoms with Crippen molar-refractivity contribution in [3.05, 3.63) is 59.2 Å². The minimum Gasteiger partial charge on any atom is -0.496 e. The second-order valence-corrected chi connectivity index (χ2v) is 6.55. The van der Waals surface area contributed by atoms with Gasteiger partial charge in [-0.1, -0.05) is 5.16 Å². The van der Waals surface area contributed by atoms with Crippen LogP contribution in [0.5, 0.6) is 5.75 Å². The highest BCUT2D eigenvalue weighted by Crippen LogP contribution is 2.42. The second kappa shape index (κ2) is 7.09. The minimum atomic E-state index is -0.560. The molecule has 0 aliphatic heterocycles. The molecule has 0 atom stereocenters. The van der Waals surface area contributed by atoms with E-state index in [4.69, 9.17) is 18.4 Å². The molecule has 0 unspecified atom stereocenters. The van der Waals surface area contributed by atoms with Crippen molar-refractivity contribution in [1.29, 1.82) is 0 Å². The Morgan fingerprint density at radius 1 is 1.10 bits per heavy atom. The van der Waals surface area contributed by atoms with Crippen molar-refractivity contribution in [3.8, 4) is 28.2 Å². The molecule has 7 heteroatoms. The van der Waals surface area contributed by atoms with Gasteiger partial charge < -0.3 is 18.4 Å². The number of carbonyl (C=O) groups excluding carboxylic acids is 1. The summed E-state index contributed by atoms with van der Waals surface area (Å²) in [4.78, 5) is 12.5. The molecule has 4 rings (SSSR count). The van der Waals surface area contributed by atoms with Gasteiger partial charge in [-0.05, 0) is 50.2 Å². The quantitative estimate of drug-likeness (QED) is 0.436. The predicted molar refractivity (Wildman–Crippen MR) is 104 cm³/mol. The number of rotatable bonds is 4. The van der Waals surface area contributed by atoms with Crippen molar-refractivity contribution >= 4 is 16.9 Å². The Labute approximate surface area is 165 Å². The minimum absolute atomic E-state index is 0.248. The van der Waals surface area contributed by atoms with Crippen LogP contribution in [0.3, 0.4) is 0 Å². The number of ether oxygens (including phenoxy) is 2. The Morgan fingerprint density at radius 2 is 1.83 bits per heavy atom. The molecule has 4 aromatic rings. The monoisotopic (exact) mass is 395 g/mol. The van der Waals surface area contributed by atoms with Gasteiger partial charge in [0.1, 0.15) is 34.2 Å². The molecule has 0 aliphatic rings. The van der Waals surface area contributed by atoms with E-state index in [0.717, 1.165) is 11.1 Å². The van der Waals surface area contributed by atoms with Gasteiger partial charge in [-0.25, -0.2) is 9.18 Å². The smallest absolute Gasteiger partial charge is 0.342 e. The number of hydrogen-bond donors (Lipinski definition) is 0. The van der Waals surface area contributed by atoms with Gasteiger partial charge in [0.15, 0.2) is 0 Å². The van der Waals surface area contributed by atoms with Crippen LogP contribution in [0.2, 0.25) is 0 Å². The van der Waals surface area contributed by atoms with Crippen LogP contribution < -0.4 is 4.74 Å². The maximum absolute atomic E-state index is 13.4. The van der Waals surface area contributed by atoms with Crippen molar-refractivity contribution in [1.82, 2.24) is 5.16 Å². The Morgan fingerprint density at radius 3 is 2.41 bits per heavy atom. The average Bonchev–Trinajstić information content (AvgIpc) is 3.26. The lowest BCUT2D eigenvalue weighted by atomic mass is 9.99. The zero-order chi connectivity index (χ0) is 20.7. The summed E-state index contributed by atoms with van der Waals surface area (Å²) in [7, 11) is 2.84. The van der Waals surface area contributed by atoms with Crippen molar-refractivity contribution in [2.24, 2.45) is 0 Å². The van der Waals surface area contributed by atoms with Gasteiger partial charge in [-0.3, -0.25) is 0 Å². The summed E-state index contributed by atoms with van der Waals surface area (Å²) in [5, 5.41) is 4.53. The fraction of sp³-hybridized carbons (Fsp3) is 0.182. The summed E-state index contributed by atoms with van der Waals surface area (Å²) < 4.78 is 35.2. The summed E-state index contributed by atoms with van der Waals surface area (Å²) in [6.07, 6.45) is 0. The van der Waals surface area contributed by atoms with Gasteiger partial charge in [0.05, 0.1) is 25.5 Å². The molecular weight excluding hydrogens is 377 g/mol. The molecular formula is C22H18FNO5. The number of aromatic nitrogens is 1. The molecule has 0 saturated heterocycles. The van der Waals surface area contributed by atoms with Crippen LogP contribution in [-0.4, -0.2) is 25.3 Å². The van der Waals surface area contributed by atoms with Crippen LogP contribution in [0.25, 0.3) is 33.4 Å². The largest absolute Gasteiger partial charge is 0.496 e. The lowest BCUT2D eigenvalue weighted by Gasteiger charge is -2.08. The molecule has 2 aromatic carbocycles. The van der Waals surface area contributed by atoms with Crippen molar-refractivity contribution in [3.63, 3.8) is 0 Å². The number of halogens is 1. The first-order valence-corrected chi connectivity index (χ1v) is 8.86. The standard InChI is InChI=1S/C22H18FNO5/c1-11-19(12(2)29-24-11)15-10-18-16(9-17(15)26-3)20(22(25)27-4)21(28-18)13-5-7-14(23)8-6-13/h5-10H,1-4H3. The molecule has 0 aliphatic carbocycles. The van der Waals surface area contributed by atoms with E-state index in [1.165, 1.54) is 19.2 Å². The topological polar surface area (TPSA) is 74.7 Å². The number of carbonyl (C=O) groups is 1.